The zero-order valence-corrected chi connectivity index (χ0v) is 64.4. The largest absolute Gasteiger partial charge is 0.208 e. The van der Waals surface area contributed by atoms with E-state index in [-0.39, 0.29) is 0 Å². The Hall–Kier alpha value is -15.5. The molecule has 0 N–H and O–H groups in total. The number of fused-ring (bicyclic) bond motifs is 10. The lowest BCUT2D eigenvalue weighted by molar-refractivity contribution is 0.775. The number of rotatable bonds is 14. The van der Waals surface area contributed by atoms with E-state index in [2.05, 4.69) is 352 Å². The molecule has 20 aromatic rings. The van der Waals surface area contributed by atoms with Gasteiger partial charge in [0.05, 0.1) is 10.8 Å². The average molecular weight is 1500 g/mol. The van der Waals surface area contributed by atoms with Crippen molar-refractivity contribution >= 4 is 21.5 Å². The van der Waals surface area contributed by atoms with Crippen molar-refractivity contribution in [2.45, 2.75) is 10.8 Å². The van der Waals surface area contributed by atoms with E-state index in [1.54, 1.807) is 0 Å². The molecule has 118 heavy (non-hydrogen) atoms. The highest BCUT2D eigenvalue weighted by Gasteiger charge is 2.49. The summed E-state index contributed by atoms with van der Waals surface area (Å²) in [5.41, 5.74) is 29.3. The van der Waals surface area contributed by atoms with Crippen molar-refractivity contribution in [3.05, 3.63) is 493 Å². The summed E-state index contributed by atoms with van der Waals surface area (Å²) in [6.45, 7) is 0. The lowest BCUT2D eigenvalue weighted by Crippen LogP contribution is -2.28. The van der Waals surface area contributed by atoms with Crippen molar-refractivity contribution in [1.29, 1.82) is 0 Å². The monoisotopic (exact) mass is 1500 g/mol. The number of nitrogens with zero attached hydrogens (tertiary/aromatic N) is 6. The summed E-state index contributed by atoms with van der Waals surface area (Å²) in [7, 11) is 0. The summed E-state index contributed by atoms with van der Waals surface area (Å²) in [4.78, 5) is 30.1. The Bertz CT molecular complexity index is 6990. The van der Waals surface area contributed by atoms with Crippen LogP contribution in [0.4, 0.5) is 0 Å². The van der Waals surface area contributed by atoms with Crippen LogP contribution in [-0.2, 0) is 10.8 Å². The second-order valence-electron chi connectivity index (χ2n) is 30.2. The van der Waals surface area contributed by atoms with E-state index in [9.17, 15) is 0 Å². The Morgan fingerprint density at radius 1 is 0.136 bits per heavy atom. The third-order valence-electron chi connectivity index (χ3n) is 23.6. The normalized spacial score (nSPS) is 12.5. The van der Waals surface area contributed by atoms with Gasteiger partial charge < -0.3 is 0 Å². The molecule has 2 aromatic heterocycles. The highest BCUT2D eigenvalue weighted by atomic mass is 15.0. The van der Waals surface area contributed by atoms with Gasteiger partial charge in [-0.3, -0.25) is 0 Å². The Balaban J connectivity index is 0.000000147. The molecule has 0 saturated carbocycles. The first kappa shape index (κ1) is 70.4. The fraction of sp³-hybridized carbons (Fsp3) is 0.0179. The molecule has 0 spiro atoms. The van der Waals surface area contributed by atoms with Crippen LogP contribution in [-0.4, -0.2) is 29.9 Å². The van der Waals surface area contributed by atoms with E-state index in [0.717, 1.165) is 66.8 Å². The molecule has 0 unspecified atom stereocenters. The Morgan fingerprint density at radius 3 is 0.754 bits per heavy atom. The summed E-state index contributed by atoms with van der Waals surface area (Å²) in [6.07, 6.45) is 0. The molecular formula is C112H74N6. The van der Waals surface area contributed by atoms with Gasteiger partial charge in [-0.1, -0.05) is 431 Å². The molecule has 552 valence electrons. The first-order valence-corrected chi connectivity index (χ1v) is 40.2. The molecule has 6 heteroatoms. The summed E-state index contributed by atoms with van der Waals surface area (Å²) in [5.74, 6) is 3.85. The maximum absolute atomic E-state index is 5.10. The maximum atomic E-state index is 5.10. The average Bonchev–Trinajstić information content (AvgIpc) is 1.51. The molecule has 0 amide bonds. The summed E-state index contributed by atoms with van der Waals surface area (Å²) < 4.78 is 0. The van der Waals surface area contributed by atoms with Crippen LogP contribution in [0.5, 0.6) is 0 Å². The van der Waals surface area contributed by atoms with Gasteiger partial charge in [-0.15, -0.1) is 0 Å². The molecule has 0 fully saturated rings. The lowest BCUT2D eigenvalue weighted by Gasteiger charge is -2.34. The molecule has 0 aliphatic heterocycles. The van der Waals surface area contributed by atoms with Crippen molar-refractivity contribution < 1.29 is 0 Å². The van der Waals surface area contributed by atoms with Gasteiger partial charge in [-0.25, -0.2) is 29.9 Å². The SMILES string of the molecule is c1ccc(-c2cccc(-c3nc(-c4ccccc4)nc(-c4ccc(-c5cccc6c7c(ccc56)-c5ccccc5C7(c5ccccc5)c5ccccc5)cc4)n3)c2)cc1.c1ccc(-c2nc(-c3ccccc3)nc(-c3cccc(-c4cccc(-c5cccc6c7c(ccc56)-c5ccccc5C7(c5ccccc5)c5ccccc5)c4)c3)n2)cc1. The molecule has 18 aromatic carbocycles. The summed E-state index contributed by atoms with van der Waals surface area (Å²) in [5, 5.41) is 4.96. The van der Waals surface area contributed by atoms with Crippen LogP contribution in [0.2, 0.25) is 0 Å². The van der Waals surface area contributed by atoms with Crippen molar-refractivity contribution in [1.82, 2.24) is 29.9 Å². The van der Waals surface area contributed by atoms with Gasteiger partial charge in [0.25, 0.3) is 0 Å². The quantitative estimate of drug-likeness (QED) is 0.108. The molecular weight excluding hydrogens is 1430 g/mol. The Morgan fingerprint density at radius 2 is 0.381 bits per heavy atom. The lowest BCUT2D eigenvalue weighted by atomic mass is 9.66. The molecule has 0 bridgehead atoms. The molecule has 2 aliphatic rings. The third kappa shape index (κ3) is 12.3. The van der Waals surface area contributed by atoms with Gasteiger partial charge in [0.2, 0.25) is 0 Å². The van der Waals surface area contributed by atoms with Crippen LogP contribution in [0.25, 0.3) is 157 Å². The van der Waals surface area contributed by atoms with E-state index < -0.39 is 10.8 Å². The van der Waals surface area contributed by atoms with Crippen LogP contribution in [0.15, 0.2) is 449 Å². The van der Waals surface area contributed by atoms with Gasteiger partial charge in [-0.2, -0.15) is 0 Å². The zero-order chi connectivity index (χ0) is 78.4. The van der Waals surface area contributed by atoms with Crippen molar-refractivity contribution in [3.63, 3.8) is 0 Å². The minimum atomic E-state index is -0.482. The van der Waals surface area contributed by atoms with Gasteiger partial charge >= 0.3 is 0 Å². The highest BCUT2D eigenvalue weighted by Crippen LogP contribution is 2.61. The van der Waals surface area contributed by atoms with Gasteiger partial charge in [0, 0.05) is 33.4 Å². The van der Waals surface area contributed by atoms with Crippen LogP contribution in [0.3, 0.4) is 0 Å². The Kier molecular flexibility index (Phi) is 18.0. The molecule has 2 aliphatic carbocycles. The summed E-state index contributed by atoms with van der Waals surface area (Å²) in [6, 6.07) is 160. The van der Waals surface area contributed by atoms with Crippen LogP contribution < -0.4 is 0 Å². The van der Waals surface area contributed by atoms with Crippen molar-refractivity contribution in [2.75, 3.05) is 0 Å². The van der Waals surface area contributed by atoms with Crippen molar-refractivity contribution in [2.24, 2.45) is 0 Å². The molecule has 22 rings (SSSR count). The zero-order valence-electron chi connectivity index (χ0n) is 64.4. The second-order valence-corrected chi connectivity index (χ2v) is 30.2. The minimum absolute atomic E-state index is 0.481. The summed E-state index contributed by atoms with van der Waals surface area (Å²) >= 11 is 0. The van der Waals surface area contributed by atoms with E-state index in [1.807, 2.05) is 97.1 Å². The predicted octanol–water partition coefficient (Wildman–Crippen LogP) is 27.4. The predicted molar refractivity (Wildman–Crippen MR) is 484 cm³/mol. The van der Waals surface area contributed by atoms with E-state index in [0.29, 0.717) is 34.9 Å². The second kappa shape index (κ2) is 30.1. The maximum Gasteiger partial charge on any atom is 0.164 e. The van der Waals surface area contributed by atoms with Crippen LogP contribution in [0, 0.1) is 0 Å². The topological polar surface area (TPSA) is 77.3 Å². The van der Waals surface area contributed by atoms with Gasteiger partial charge in [-0.05, 0) is 151 Å². The van der Waals surface area contributed by atoms with Gasteiger partial charge in [0.15, 0.2) is 34.9 Å². The number of benzene rings is 18. The molecule has 0 atom stereocenters. The number of aromatic nitrogens is 6. The molecule has 0 saturated heterocycles. The minimum Gasteiger partial charge on any atom is -0.208 e. The fourth-order valence-electron chi connectivity index (χ4n) is 18.4. The van der Waals surface area contributed by atoms with E-state index >= 15 is 0 Å². The van der Waals surface area contributed by atoms with Crippen LogP contribution >= 0.6 is 0 Å². The Labute approximate surface area is 686 Å². The molecule has 2 heterocycles. The molecule has 0 radical (unpaired) electrons. The van der Waals surface area contributed by atoms with Crippen molar-refractivity contribution in [3.8, 4) is 135 Å². The standard InChI is InChI=1S/2C56H37N3/c1-5-18-38(19-6-1)53-57-54(39-20-7-2-8-21-39)59-55(58-53)43-25-16-23-41(37-43)40-22-15-24-42(36-40)46-31-17-32-49-47(46)34-35-50-48-30-13-14-33-51(48)56(52(49)50,44-26-9-3-10-27-44)45-28-11-4-12-29-45;1-5-17-38(18-6-1)42-21-15-22-43(37-42)55-58-53(40-19-7-2-8-20-40)57-54(59-55)41-33-31-39(32-34-41)46-28-16-29-49-47(46)35-36-50-48-27-13-14-30-51(48)56(52(49)50,44-23-9-3-10-24-44)45-25-11-4-12-26-45/h2*1-37H. The van der Waals surface area contributed by atoms with Gasteiger partial charge in [0.1, 0.15) is 0 Å². The first-order valence-electron chi connectivity index (χ1n) is 40.2. The smallest absolute Gasteiger partial charge is 0.164 e. The van der Waals surface area contributed by atoms with Crippen LogP contribution in [0.1, 0.15) is 44.5 Å². The third-order valence-corrected chi connectivity index (χ3v) is 23.6. The number of hydrogen-bond acceptors (Lipinski definition) is 6. The fourth-order valence-corrected chi connectivity index (χ4v) is 18.4. The number of hydrogen-bond donors (Lipinski definition) is 0. The van der Waals surface area contributed by atoms with E-state index in [4.69, 9.17) is 29.9 Å². The van der Waals surface area contributed by atoms with E-state index in [1.165, 1.54) is 99.4 Å². The first-order chi connectivity index (χ1) is 58.5. The highest BCUT2D eigenvalue weighted by molar-refractivity contribution is 6.08. The molecule has 6 nitrogen and oxygen atoms in total.